The fourth-order valence-electron chi connectivity index (χ4n) is 2.39. The van der Waals surface area contributed by atoms with Crippen LogP contribution in [0.5, 0.6) is 0 Å². The van der Waals surface area contributed by atoms with Crippen molar-refractivity contribution in [3.05, 3.63) is 48.0 Å². The van der Waals surface area contributed by atoms with Crippen LogP contribution in [0.3, 0.4) is 0 Å². The Labute approximate surface area is 165 Å². The molecule has 0 aliphatic carbocycles. The van der Waals surface area contributed by atoms with Gasteiger partial charge in [0.15, 0.2) is 9.84 Å². The molecule has 152 valence electrons. The lowest BCUT2D eigenvalue weighted by Gasteiger charge is -2.16. The Bertz CT molecular complexity index is 1080. The molecule has 0 saturated heterocycles. The average Bonchev–Trinajstić information content (AvgIpc) is 2.62. The minimum absolute atomic E-state index is 0.0434. The second kappa shape index (κ2) is 8.29. The number of anilines is 2. The predicted octanol–water partition coefficient (Wildman–Crippen LogP) is 2.02. The van der Waals surface area contributed by atoms with Crippen molar-refractivity contribution in [3.8, 4) is 0 Å². The molecule has 0 aliphatic heterocycles. The first-order valence-electron chi connectivity index (χ1n) is 8.38. The van der Waals surface area contributed by atoms with Crippen LogP contribution < -0.4 is 10.6 Å². The third-order valence-corrected chi connectivity index (χ3v) is 6.87. The molecular weight excluding hydrogens is 402 g/mol. The van der Waals surface area contributed by atoms with Crippen molar-refractivity contribution in [2.75, 3.05) is 37.5 Å². The first-order chi connectivity index (χ1) is 13.0. The van der Waals surface area contributed by atoms with Gasteiger partial charge in [0.05, 0.1) is 21.2 Å². The molecule has 2 N–H and O–H groups in total. The minimum atomic E-state index is -3.67. The summed E-state index contributed by atoms with van der Waals surface area (Å²) in [7, 11) is -4.18. The molecule has 0 heterocycles. The van der Waals surface area contributed by atoms with Crippen molar-refractivity contribution in [1.29, 1.82) is 0 Å². The highest BCUT2D eigenvalue weighted by atomic mass is 32.2. The summed E-state index contributed by atoms with van der Waals surface area (Å²) >= 11 is 0. The van der Waals surface area contributed by atoms with Gasteiger partial charge < -0.3 is 10.6 Å². The average molecular weight is 426 g/mol. The quantitative estimate of drug-likeness (QED) is 0.702. The van der Waals surface area contributed by atoms with Gasteiger partial charge in [-0.2, -0.15) is 0 Å². The summed E-state index contributed by atoms with van der Waals surface area (Å²) in [5.41, 5.74) is 1.12. The van der Waals surface area contributed by atoms with Crippen molar-refractivity contribution in [1.82, 2.24) is 4.31 Å². The lowest BCUT2D eigenvalue weighted by Crippen LogP contribution is -2.22. The monoisotopic (exact) mass is 425 g/mol. The molecule has 1 amide bonds. The maximum absolute atomic E-state index is 12.6. The molecule has 2 aromatic rings. The van der Waals surface area contributed by atoms with Gasteiger partial charge in [0.25, 0.3) is 5.91 Å². The number of benzene rings is 2. The molecule has 0 spiro atoms. The third kappa shape index (κ3) is 4.89. The standard InChI is InChI=1S/C18H23N3O5S2/c1-5-19-16-11-10-15(28(25,26)21(2)3)12-17(16)20-18(22)13-6-8-14(9-7-13)27(4,23)24/h6-12,19H,5H2,1-4H3,(H,20,22). The van der Waals surface area contributed by atoms with Crippen molar-refractivity contribution < 1.29 is 21.6 Å². The number of rotatable bonds is 7. The number of carbonyl (C=O) groups excluding carboxylic acids is 1. The molecule has 0 aromatic heterocycles. The van der Waals surface area contributed by atoms with E-state index in [2.05, 4.69) is 10.6 Å². The molecule has 2 rings (SSSR count). The van der Waals surface area contributed by atoms with E-state index in [1.165, 1.54) is 50.5 Å². The molecule has 2 aromatic carbocycles. The summed E-state index contributed by atoms with van der Waals surface area (Å²) in [5.74, 6) is -0.487. The Hall–Kier alpha value is -2.43. The first kappa shape index (κ1) is 21.9. The van der Waals surface area contributed by atoms with Crippen molar-refractivity contribution in [2.45, 2.75) is 16.7 Å². The zero-order chi connectivity index (χ0) is 21.1. The summed E-state index contributed by atoms with van der Waals surface area (Å²) in [4.78, 5) is 12.7. The number of sulfone groups is 1. The van der Waals surface area contributed by atoms with Gasteiger partial charge in [-0.1, -0.05) is 0 Å². The van der Waals surface area contributed by atoms with Gasteiger partial charge in [-0.3, -0.25) is 4.79 Å². The van der Waals surface area contributed by atoms with Crippen LogP contribution in [-0.2, 0) is 19.9 Å². The van der Waals surface area contributed by atoms with E-state index in [1.807, 2.05) is 6.92 Å². The molecule has 28 heavy (non-hydrogen) atoms. The highest BCUT2D eigenvalue weighted by Crippen LogP contribution is 2.27. The molecule has 0 fully saturated rings. The van der Waals surface area contributed by atoms with Crippen molar-refractivity contribution in [3.63, 3.8) is 0 Å². The van der Waals surface area contributed by atoms with Crippen LogP contribution in [0.2, 0.25) is 0 Å². The van der Waals surface area contributed by atoms with Crippen LogP contribution in [0.1, 0.15) is 17.3 Å². The van der Waals surface area contributed by atoms with Gasteiger partial charge in [0.2, 0.25) is 10.0 Å². The van der Waals surface area contributed by atoms with Gasteiger partial charge in [-0.05, 0) is 49.4 Å². The number of hydrogen-bond acceptors (Lipinski definition) is 6. The van der Waals surface area contributed by atoms with E-state index in [-0.39, 0.29) is 15.4 Å². The lowest BCUT2D eigenvalue weighted by molar-refractivity contribution is 0.102. The number of hydrogen-bond donors (Lipinski definition) is 2. The highest BCUT2D eigenvalue weighted by molar-refractivity contribution is 7.90. The van der Waals surface area contributed by atoms with E-state index < -0.39 is 25.8 Å². The van der Waals surface area contributed by atoms with Gasteiger partial charge in [-0.15, -0.1) is 0 Å². The Morgan fingerprint density at radius 2 is 1.50 bits per heavy atom. The maximum atomic E-state index is 12.6. The fraction of sp³-hybridized carbons (Fsp3) is 0.278. The Balaban J connectivity index is 2.39. The van der Waals surface area contributed by atoms with Gasteiger partial charge in [0, 0.05) is 32.5 Å². The summed E-state index contributed by atoms with van der Waals surface area (Å²) < 4.78 is 48.9. The van der Waals surface area contributed by atoms with E-state index in [0.29, 0.717) is 17.9 Å². The highest BCUT2D eigenvalue weighted by Gasteiger charge is 2.20. The van der Waals surface area contributed by atoms with Gasteiger partial charge in [0.1, 0.15) is 0 Å². The van der Waals surface area contributed by atoms with Crippen molar-refractivity contribution in [2.24, 2.45) is 0 Å². The molecule has 0 atom stereocenters. The van der Waals surface area contributed by atoms with E-state index in [1.54, 1.807) is 6.07 Å². The fourth-order valence-corrected chi connectivity index (χ4v) is 3.95. The molecular formula is C18H23N3O5S2. The SMILES string of the molecule is CCNc1ccc(S(=O)(=O)N(C)C)cc1NC(=O)c1ccc(S(C)(=O)=O)cc1. The van der Waals surface area contributed by atoms with Crippen LogP contribution in [0.15, 0.2) is 52.3 Å². The summed E-state index contributed by atoms with van der Waals surface area (Å²) in [6.45, 7) is 2.45. The second-order valence-electron chi connectivity index (χ2n) is 6.28. The van der Waals surface area contributed by atoms with Crippen molar-refractivity contribution >= 4 is 37.1 Å². The molecule has 10 heteroatoms. The van der Waals surface area contributed by atoms with E-state index >= 15 is 0 Å². The summed E-state index contributed by atoms with van der Waals surface area (Å²) in [5, 5.41) is 5.75. The second-order valence-corrected chi connectivity index (χ2v) is 10.4. The number of nitrogens with zero attached hydrogens (tertiary/aromatic N) is 1. The number of sulfonamides is 1. The zero-order valence-corrected chi connectivity index (χ0v) is 17.7. The topological polar surface area (TPSA) is 113 Å². The Kier molecular flexibility index (Phi) is 6.48. The van der Waals surface area contributed by atoms with Gasteiger partial charge in [-0.25, -0.2) is 21.1 Å². The summed E-state index contributed by atoms with van der Waals surface area (Å²) in [6, 6.07) is 9.94. The van der Waals surface area contributed by atoms with E-state index in [9.17, 15) is 21.6 Å². The van der Waals surface area contributed by atoms with E-state index in [0.717, 1.165) is 10.6 Å². The molecule has 0 unspecified atom stereocenters. The number of amides is 1. The minimum Gasteiger partial charge on any atom is -0.384 e. The lowest BCUT2D eigenvalue weighted by atomic mass is 10.2. The molecule has 8 nitrogen and oxygen atoms in total. The van der Waals surface area contributed by atoms with Crippen LogP contribution in [0.25, 0.3) is 0 Å². The Morgan fingerprint density at radius 1 is 0.929 bits per heavy atom. The third-order valence-electron chi connectivity index (χ3n) is 3.93. The normalized spacial score (nSPS) is 12.0. The maximum Gasteiger partial charge on any atom is 0.255 e. The van der Waals surface area contributed by atoms with Crippen LogP contribution >= 0.6 is 0 Å². The molecule has 0 aliphatic rings. The number of carbonyl (C=O) groups is 1. The van der Waals surface area contributed by atoms with Gasteiger partial charge >= 0.3 is 0 Å². The zero-order valence-electron chi connectivity index (χ0n) is 16.1. The van der Waals surface area contributed by atoms with Crippen LogP contribution in [0, 0.1) is 0 Å². The number of nitrogens with one attached hydrogen (secondary N) is 2. The molecule has 0 radical (unpaired) electrons. The largest absolute Gasteiger partial charge is 0.384 e. The molecule has 0 bridgehead atoms. The predicted molar refractivity (Wildman–Crippen MR) is 109 cm³/mol. The van der Waals surface area contributed by atoms with Crippen LogP contribution in [-0.4, -0.2) is 53.9 Å². The Morgan fingerprint density at radius 3 is 2.00 bits per heavy atom. The first-order valence-corrected chi connectivity index (χ1v) is 11.7. The van der Waals surface area contributed by atoms with E-state index in [4.69, 9.17) is 0 Å². The smallest absolute Gasteiger partial charge is 0.255 e. The van der Waals surface area contributed by atoms with Crippen LogP contribution in [0.4, 0.5) is 11.4 Å². The summed E-state index contributed by atoms with van der Waals surface area (Å²) in [6.07, 6.45) is 1.08. The molecule has 0 saturated carbocycles.